The van der Waals surface area contributed by atoms with Crippen molar-refractivity contribution in [3.8, 4) is 0 Å². The predicted molar refractivity (Wildman–Crippen MR) is 139 cm³/mol. The second-order valence-corrected chi connectivity index (χ2v) is 9.62. The number of carbonyl (C=O) groups is 1. The van der Waals surface area contributed by atoms with Gasteiger partial charge in [-0.05, 0) is 36.4 Å². The van der Waals surface area contributed by atoms with E-state index in [1.165, 1.54) is 33.7 Å². The molecule has 3 heterocycles. The maximum Gasteiger partial charge on any atom is 0.246 e. The first-order valence-electron chi connectivity index (χ1n) is 12.3. The van der Waals surface area contributed by atoms with Crippen molar-refractivity contribution in [2.75, 3.05) is 42.5 Å². The normalized spacial score (nSPS) is 16.2. The molecule has 3 aromatic rings. The van der Waals surface area contributed by atoms with Gasteiger partial charge in [0.15, 0.2) is 0 Å². The summed E-state index contributed by atoms with van der Waals surface area (Å²) in [6.07, 6.45) is 2.32. The summed E-state index contributed by atoms with van der Waals surface area (Å²) in [4.78, 5) is 28.8. The molecule has 2 aliphatic heterocycles. The van der Waals surface area contributed by atoms with E-state index in [4.69, 9.17) is 9.97 Å². The molecule has 2 aromatic carbocycles. The lowest BCUT2D eigenvalue weighted by atomic mass is 9.99. The zero-order valence-corrected chi connectivity index (χ0v) is 20.4. The van der Waals surface area contributed by atoms with Gasteiger partial charge < -0.3 is 14.7 Å². The largest absolute Gasteiger partial charge is 0.365 e. The van der Waals surface area contributed by atoms with E-state index in [0.717, 1.165) is 49.9 Å². The van der Waals surface area contributed by atoms with Crippen LogP contribution in [0.1, 0.15) is 42.4 Å². The lowest BCUT2D eigenvalue weighted by Gasteiger charge is -2.38. The maximum atomic E-state index is 12.0. The summed E-state index contributed by atoms with van der Waals surface area (Å²) < 4.78 is 0. The Labute approximate surface area is 201 Å². The van der Waals surface area contributed by atoms with E-state index in [1.54, 1.807) is 0 Å². The number of aromatic nitrogens is 2. The van der Waals surface area contributed by atoms with Crippen LogP contribution in [0.25, 0.3) is 10.8 Å². The zero-order valence-electron chi connectivity index (χ0n) is 20.4. The minimum Gasteiger partial charge on any atom is -0.365 e. The molecule has 1 fully saturated rings. The van der Waals surface area contributed by atoms with Gasteiger partial charge >= 0.3 is 0 Å². The van der Waals surface area contributed by atoms with Gasteiger partial charge in [-0.2, -0.15) is 0 Å². The fraction of sp³-hybridized carbons (Fsp3) is 0.393. The summed E-state index contributed by atoms with van der Waals surface area (Å²) in [6, 6.07) is 13.1. The Morgan fingerprint density at radius 2 is 1.74 bits per heavy atom. The Balaban J connectivity index is 1.49. The average Bonchev–Trinajstić information content (AvgIpc) is 2.87. The molecule has 0 unspecified atom stereocenters. The highest BCUT2D eigenvalue weighted by molar-refractivity contribution is 5.97. The molecule has 2 aliphatic rings. The molecule has 1 saturated heterocycles. The van der Waals surface area contributed by atoms with E-state index in [-0.39, 0.29) is 11.8 Å². The Bertz CT molecular complexity index is 1240. The summed E-state index contributed by atoms with van der Waals surface area (Å²) in [5, 5.41) is 2.61. The number of anilines is 2. The summed E-state index contributed by atoms with van der Waals surface area (Å²) in [5.74, 6) is 2.22. The van der Waals surface area contributed by atoms with Crippen molar-refractivity contribution in [2.24, 2.45) is 0 Å². The molecule has 5 rings (SSSR count). The zero-order chi connectivity index (χ0) is 23.8. The van der Waals surface area contributed by atoms with Crippen molar-refractivity contribution in [3.63, 3.8) is 0 Å². The lowest BCUT2D eigenvalue weighted by Crippen LogP contribution is -2.49. The van der Waals surface area contributed by atoms with Crippen LogP contribution in [0.2, 0.25) is 0 Å². The van der Waals surface area contributed by atoms with Crippen molar-refractivity contribution in [3.05, 3.63) is 71.7 Å². The predicted octanol–water partition coefficient (Wildman–Crippen LogP) is 4.46. The number of carbonyl (C=O) groups excluding carboxylic acids is 1. The molecule has 0 N–H and O–H groups in total. The van der Waals surface area contributed by atoms with Crippen LogP contribution in [0, 0.1) is 6.92 Å². The molecule has 34 heavy (non-hydrogen) atoms. The minimum atomic E-state index is 0.00765. The van der Waals surface area contributed by atoms with Crippen LogP contribution in [-0.2, 0) is 17.8 Å². The third kappa shape index (κ3) is 4.02. The van der Waals surface area contributed by atoms with Crippen molar-refractivity contribution < 1.29 is 4.79 Å². The van der Waals surface area contributed by atoms with Crippen LogP contribution in [0.4, 0.5) is 11.5 Å². The number of piperazine rings is 1. The van der Waals surface area contributed by atoms with E-state index in [2.05, 4.69) is 73.5 Å². The van der Waals surface area contributed by atoms with Crippen LogP contribution in [0.15, 0.2) is 49.1 Å². The Kier molecular flexibility index (Phi) is 5.98. The Hall–Kier alpha value is -3.41. The highest BCUT2D eigenvalue weighted by Crippen LogP contribution is 2.35. The second-order valence-electron chi connectivity index (χ2n) is 9.62. The molecule has 0 radical (unpaired) electrons. The van der Waals surface area contributed by atoms with E-state index in [1.807, 2.05) is 4.90 Å². The number of rotatable bonds is 4. The smallest absolute Gasteiger partial charge is 0.246 e. The van der Waals surface area contributed by atoms with Crippen molar-refractivity contribution >= 4 is 28.2 Å². The average molecular weight is 456 g/mol. The molecule has 0 spiro atoms. The fourth-order valence-corrected chi connectivity index (χ4v) is 5.19. The fourth-order valence-electron chi connectivity index (χ4n) is 5.19. The van der Waals surface area contributed by atoms with Crippen LogP contribution >= 0.6 is 0 Å². The standard InChI is InChI=1S/C28H33N5O/c1-5-25(34)31-14-16-32(17-15-31)28-22-12-13-33(18-23(22)29-27(30-28)19(2)3)24-11-7-10-21-9-6-8-20(4)26(21)24/h5-11,19H,1,12-18H2,2-4H3. The molecule has 0 bridgehead atoms. The third-order valence-corrected chi connectivity index (χ3v) is 7.07. The number of nitrogens with zero attached hydrogens (tertiary/aromatic N) is 5. The molecule has 0 saturated carbocycles. The molecule has 6 heteroatoms. The first-order valence-corrected chi connectivity index (χ1v) is 12.3. The first kappa shape index (κ1) is 22.4. The molecule has 1 aromatic heterocycles. The highest BCUT2D eigenvalue weighted by atomic mass is 16.2. The van der Waals surface area contributed by atoms with Gasteiger partial charge in [-0.3, -0.25) is 4.79 Å². The van der Waals surface area contributed by atoms with E-state index >= 15 is 0 Å². The maximum absolute atomic E-state index is 12.0. The van der Waals surface area contributed by atoms with Crippen LogP contribution in [-0.4, -0.2) is 53.5 Å². The van der Waals surface area contributed by atoms with E-state index in [0.29, 0.717) is 13.1 Å². The SMILES string of the molecule is C=CC(=O)N1CCN(c2nc(C(C)C)nc3c2CCN(c2cccc4cccc(C)c24)C3)CC1. The van der Waals surface area contributed by atoms with E-state index < -0.39 is 0 Å². The number of benzene rings is 2. The summed E-state index contributed by atoms with van der Waals surface area (Å²) in [7, 11) is 0. The van der Waals surface area contributed by atoms with Gasteiger partial charge in [0, 0.05) is 55.3 Å². The van der Waals surface area contributed by atoms with Gasteiger partial charge in [0.1, 0.15) is 11.6 Å². The van der Waals surface area contributed by atoms with E-state index in [9.17, 15) is 4.79 Å². The summed E-state index contributed by atoms with van der Waals surface area (Å²) in [6.45, 7) is 14.8. The summed E-state index contributed by atoms with van der Waals surface area (Å²) in [5.41, 5.74) is 4.98. The topological polar surface area (TPSA) is 52.6 Å². The van der Waals surface area contributed by atoms with Crippen molar-refractivity contribution in [1.82, 2.24) is 14.9 Å². The molecule has 0 atom stereocenters. The number of aryl methyl sites for hydroxylation is 1. The van der Waals surface area contributed by atoms with Gasteiger partial charge in [0.25, 0.3) is 0 Å². The molecule has 0 aliphatic carbocycles. The van der Waals surface area contributed by atoms with Crippen LogP contribution in [0.5, 0.6) is 0 Å². The van der Waals surface area contributed by atoms with Gasteiger partial charge in [0.2, 0.25) is 5.91 Å². The van der Waals surface area contributed by atoms with Gasteiger partial charge in [0.05, 0.1) is 12.2 Å². The van der Waals surface area contributed by atoms with Crippen molar-refractivity contribution in [2.45, 2.75) is 39.7 Å². The third-order valence-electron chi connectivity index (χ3n) is 7.07. The number of fused-ring (bicyclic) bond motifs is 2. The molecule has 176 valence electrons. The van der Waals surface area contributed by atoms with Gasteiger partial charge in [-0.15, -0.1) is 0 Å². The quantitative estimate of drug-likeness (QED) is 0.544. The Morgan fingerprint density at radius 1 is 1.00 bits per heavy atom. The number of amides is 1. The van der Waals surface area contributed by atoms with Gasteiger partial charge in [-0.25, -0.2) is 9.97 Å². The molecular formula is C28H33N5O. The van der Waals surface area contributed by atoms with Crippen LogP contribution in [0.3, 0.4) is 0 Å². The Morgan fingerprint density at radius 3 is 2.44 bits per heavy atom. The molecular weight excluding hydrogens is 422 g/mol. The summed E-state index contributed by atoms with van der Waals surface area (Å²) >= 11 is 0. The monoisotopic (exact) mass is 455 g/mol. The minimum absolute atomic E-state index is 0.00765. The van der Waals surface area contributed by atoms with Crippen LogP contribution < -0.4 is 9.80 Å². The van der Waals surface area contributed by atoms with Gasteiger partial charge in [-0.1, -0.05) is 50.8 Å². The second kappa shape index (κ2) is 9.09. The number of hydrogen-bond acceptors (Lipinski definition) is 5. The van der Waals surface area contributed by atoms with Crippen molar-refractivity contribution in [1.29, 1.82) is 0 Å². The molecule has 6 nitrogen and oxygen atoms in total. The lowest BCUT2D eigenvalue weighted by molar-refractivity contribution is -0.126. The number of hydrogen-bond donors (Lipinski definition) is 0. The highest BCUT2D eigenvalue weighted by Gasteiger charge is 2.29. The first-order chi connectivity index (χ1) is 16.5. The molecule has 1 amide bonds.